The van der Waals surface area contributed by atoms with Crippen molar-refractivity contribution in [3.05, 3.63) is 42.2 Å². The van der Waals surface area contributed by atoms with Crippen molar-refractivity contribution in [3.8, 4) is 11.8 Å². The number of amides is 2. The number of carboxylic acids is 1. The van der Waals surface area contributed by atoms with E-state index in [1.165, 1.54) is 0 Å². The van der Waals surface area contributed by atoms with Crippen molar-refractivity contribution < 1.29 is 19.4 Å². The molecule has 1 aromatic carbocycles. The molecule has 0 spiro atoms. The van der Waals surface area contributed by atoms with E-state index < -0.39 is 5.97 Å². The second kappa shape index (κ2) is 8.48. The molecule has 1 heterocycles. The van der Waals surface area contributed by atoms with Gasteiger partial charge in [-0.3, -0.25) is 4.79 Å². The lowest BCUT2D eigenvalue weighted by Crippen LogP contribution is -2.40. The third-order valence-electron chi connectivity index (χ3n) is 4.51. The lowest BCUT2D eigenvalue weighted by Gasteiger charge is -2.26. The number of rotatable bonds is 5. The fraction of sp³-hybridized carbons (Fsp3) is 0.368. The summed E-state index contributed by atoms with van der Waals surface area (Å²) >= 11 is 0. The average molecular weight is 370 g/mol. The molecular weight excluding hydrogens is 348 g/mol. The van der Waals surface area contributed by atoms with Gasteiger partial charge in [-0.1, -0.05) is 0 Å². The molecule has 1 aliphatic rings. The van der Waals surface area contributed by atoms with E-state index in [-0.39, 0.29) is 24.0 Å². The number of aliphatic carboxylic acids is 1. The van der Waals surface area contributed by atoms with Gasteiger partial charge in [0.1, 0.15) is 5.75 Å². The average Bonchev–Trinajstić information content (AvgIpc) is 2.64. The van der Waals surface area contributed by atoms with Gasteiger partial charge in [0.05, 0.1) is 5.92 Å². The van der Waals surface area contributed by atoms with Crippen LogP contribution < -0.4 is 15.4 Å². The highest BCUT2D eigenvalue weighted by atomic mass is 16.5. The second-order valence-electron chi connectivity index (χ2n) is 6.59. The molecule has 1 aromatic heterocycles. The predicted molar refractivity (Wildman–Crippen MR) is 98.8 cm³/mol. The molecular formula is C19H22N4O4. The van der Waals surface area contributed by atoms with Crippen molar-refractivity contribution in [1.82, 2.24) is 15.3 Å². The summed E-state index contributed by atoms with van der Waals surface area (Å²) in [5.74, 6) is -0.481. The molecule has 8 nitrogen and oxygen atoms in total. The van der Waals surface area contributed by atoms with E-state index in [2.05, 4.69) is 20.6 Å². The number of aromatic nitrogens is 2. The number of carboxylic acid groups (broad SMARTS) is 1. The zero-order valence-corrected chi connectivity index (χ0v) is 15.0. The number of nitrogens with one attached hydrogen (secondary N) is 2. The normalized spacial score (nSPS) is 19.1. The Balaban J connectivity index is 1.48. The minimum Gasteiger partial charge on any atom is -0.481 e. The molecule has 8 heteroatoms. The Kier molecular flexibility index (Phi) is 5.85. The summed E-state index contributed by atoms with van der Waals surface area (Å²) in [5.41, 5.74) is 1.44. The van der Waals surface area contributed by atoms with E-state index in [0.29, 0.717) is 37.1 Å². The number of ether oxygens (including phenoxy) is 1. The van der Waals surface area contributed by atoms with Crippen LogP contribution in [0.3, 0.4) is 0 Å². The molecule has 3 rings (SSSR count). The SMILES string of the molecule is Cc1ccnc(Oc2ccc(NC(=O)NC3CCC(C(=O)O)CC3)cc2)n1. The molecule has 0 radical (unpaired) electrons. The Morgan fingerprint density at radius 2 is 1.81 bits per heavy atom. The van der Waals surface area contributed by atoms with Crippen molar-refractivity contribution in [3.63, 3.8) is 0 Å². The molecule has 2 aromatic rings. The zero-order chi connectivity index (χ0) is 19.2. The molecule has 27 heavy (non-hydrogen) atoms. The monoisotopic (exact) mass is 370 g/mol. The Morgan fingerprint density at radius 3 is 2.44 bits per heavy atom. The van der Waals surface area contributed by atoms with E-state index in [9.17, 15) is 9.59 Å². The third-order valence-corrected chi connectivity index (χ3v) is 4.51. The van der Waals surface area contributed by atoms with Crippen LogP contribution in [0.4, 0.5) is 10.5 Å². The van der Waals surface area contributed by atoms with Crippen molar-refractivity contribution in [2.45, 2.75) is 38.6 Å². The fourth-order valence-corrected chi connectivity index (χ4v) is 3.02. The predicted octanol–water partition coefficient (Wildman–Crippen LogP) is 3.34. The first-order valence-corrected chi connectivity index (χ1v) is 8.87. The maximum absolute atomic E-state index is 12.1. The maximum Gasteiger partial charge on any atom is 0.322 e. The quantitative estimate of drug-likeness (QED) is 0.744. The first-order valence-electron chi connectivity index (χ1n) is 8.87. The van der Waals surface area contributed by atoms with Crippen LogP contribution in [0.15, 0.2) is 36.5 Å². The van der Waals surface area contributed by atoms with Crippen molar-refractivity contribution in [1.29, 1.82) is 0 Å². The van der Waals surface area contributed by atoms with E-state index in [4.69, 9.17) is 9.84 Å². The number of urea groups is 1. The molecule has 3 N–H and O–H groups in total. The number of aryl methyl sites for hydroxylation is 1. The zero-order valence-electron chi connectivity index (χ0n) is 15.0. The van der Waals surface area contributed by atoms with Crippen LogP contribution >= 0.6 is 0 Å². The van der Waals surface area contributed by atoms with Crippen molar-refractivity contribution >= 4 is 17.7 Å². The number of anilines is 1. The largest absolute Gasteiger partial charge is 0.481 e. The Morgan fingerprint density at radius 1 is 1.11 bits per heavy atom. The molecule has 142 valence electrons. The molecule has 0 saturated heterocycles. The Labute approximate surface area is 157 Å². The van der Waals surface area contributed by atoms with Crippen LogP contribution in [-0.4, -0.2) is 33.1 Å². The van der Waals surface area contributed by atoms with Gasteiger partial charge in [-0.2, -0.15) is 0 Å². The highest BCUT2D eigenvalue weighted by molar-refractivity contribution is 5.89. The molecule has 0 aliphatic heterocycles. The molecule has 1 aliphatic carbocycles. The van der Waals surface area contributed by atoms with Gasteiger partial charge in [0, 0.05) is 23.6 Å². The maximum atomic E-state index is 12.1. The first-order chi connectivity index (χ1) is 13.0. The molecule has 1 fully saturated rings. The third kappa shape index (κ3) is 5.40. The van der Waals surface area contributed by atoms with E-state index in [1.54, 1.807) is 36.5 Å². The van der Waals surface area contributed by atoms with Gasteiger partial charge < -0.3 is 20.5 Å². The van der Waals surface area contributed by atoms with Crippen LogP contribution in [0.2, 0.25) is 0 Å². The molecule has 0 atom stereocenters. The van der Waals surface area contributed by atoms with Gasteiger partial charge in [-0.05, 0) is 62.9 Å². The Hall–Kier alpha value is -3.16. The fourth-order valence-electron chi connectivity index (χ4n) is 3.02. The van der Waals surface area contributed by atoms with Crippen LogP contribution in [0.5, 0.6) is 11.8 Å². The lowest BCUT2D eigenvalue weighted by atomic mass is 9.86. The van der Waals surface area contributed by atoms with Gasteiger partial charge in [-0.25, -0.2) is 14.8 Å². The van der Waals surface area contributed by atoms with Gasteiger partial charge >= 0.3 is 18.0 Å². The molecule has 1 saturated carbocycles. The number of hydrogen-bond acceptors (Lipinski definition) is 5. The van der Waals surface area contributed by atoms with Crippen LogP contribution in [0, 0.1) is 12.8 Å². The summed E-state index contributed by atoms with van der Waals surface area (Å²) in [6.07, 6.45) is 4.16. The number of carbonyl (C=O) groups excluding carboxylic acids is 1. The first kappa shape index (κ1) is 18.6. The summed E-state index contributed by atoms with van der Waals surface area (Å²) < 4.78 is 5.57. The molecule has 0 unspecified atom stereocenters. The van der Waals surface area contributed by atoms with E-state index >= 15 is 0 Å². The minimum absolute atomic E-state index is 0.00155. The van der Waals surface area contributed by atoms with E-state index in [0.717, 1.165) is 5.69 Å². The van der Waals surface area contributed by atoms with Crippen LogP contribution in [0.1, 0.15) is 31.4 Å². The standard InChI is InChI=1S/C19H22N4O4/c1-12-10-11-20-19(21-12)27-16-8-6-15(7-9-16)23-18(26)22-14-4-2-13(3-5-14)17(24)25/h6-11,13-14H,2-5H2,1H3,(H,24,25)(H2,22,23,26). The van der Waals surface area contributed by atoms with Gasteiger partial charge in [0.2, 0.25) is 0 Å². The van der Waals surface area contributed by atoms with Crippen LogP contribution in [-0.2, 0) is 4.79 Å². The summed E-state index contributed by atoms with van der Waals surface area (Å²) in [4.78, 5) is 31.3. The smallest absolute Gasteiger partial charge is 0.322 e. The topological polar surface area (TPSA) is 113 Å². The van der Waals surface area contributed by atoms with Crippen molar-refractivity contribution in [2.24, 2.45) is 5.92 Å². The second-order valence-corrected chi connectivity index (χ2v) is 6.59. The van der Waals surface area contributed by atoms with Gasteiger partial charge in [0.15, 0.2) is 0 Å². The highest BCUT2D eigenvalue weighted by Gasteiger charge is 2.26. The minimum atomic E-state index is -0.753. The van der Waals surface area contributed by atoms with E-state index in [1.807, 2.05) is 6.92 Å². The van der Waals surface area contributed by atoms with Crippen LogP contribution in [0.25, 0.3) is 0 Å². The lowest BCUT2D eigenvalue weighted by molar-refractivity contribution is -0.142. The number of carbonyl (C=O) groups is 2. The summed E-state index contributed by atoms with van der Waals surface area (Å²) in [7, 11) is 0. The molecule has 2 amide bonds. The number of benzene rings is 1. The molecule has 0 bridgehead atoms. The number of hydrogen-bond donors (Lipinski definition) is 3. The van der Waals surface area contributed by atoms with Gasteiger partial charge in [0.25, 0.3) is 0 Å². The summed E-state index contributed by atoms with van der Waals surface area (Å²) in [6.45, 7) is 1.86. The van der Waals surface area contributed by atoms with Crippen molar-refractivity contribution in [2.75, 3.05) is 5.32 Å². The van der Waals surface area contributed by atoms with Gasteiger partial charge in [-0.15, -0.1) is 0 Å². The number of nitrogens with zero attached hydrogens (tertiary/aromatic N) is 2. The highest BCUT2D eigenvalue weighted by Crippen LogP contribution is 2.25. The summed E-state index contributed by atoms with van der Waals surface area (Å²) in [5, 5.41) is 14.7. The summed E-state index contributed by atoms with van der Waals surface area (Å²) in [6, 6.07) is 8.65. The Bertz CT molecular complexity index is 802.